The molecule has 0 aromatic heterocycles. The molecule has 0 radical (unpaired) electrons. The Hall–Kier alpha value is -1.76. The maximum Gasteiger partial charge on any atom is 0.306 e. The molecule has 1 N–H and O–H groups in total. The van der Waals surface area contributed by atoms with Crippen LogP contribution >= 0.6 is 0 Å². The molecule has 3 fully saturated rings. The number of nitrogens with one attached hydrogen (secondary N) is 1. The van der Waals surface area contributed by atoms with Crippen molar-refractivity contribution in [3.8, 4) is 0 Å². The number of esters is 2. The summed E-state index contributed by atoms with van der Waals surface area (Å²) in [5.74, 6) is 0.993. The highest BCUT2D eigenvalue weighted by atomic mass is 16.5. The van der Waals surface area contributed by atoms with Gasteiger partial charge in [-0.3, -0.25) is 9.59 Å². The quantitative estimate of drug-likeness (QED) is 0.0569. The number of unbranched alkanes of at least 4 members (excludes halogenated alkanes) is 15. The van der Waals surface area contributed by atoms with Crippen molar-refractivity contribution in [1.29, 1.82) is 0 Å². The fourth-order valence-electron chi connectivity index (χ4n) is 8.11. The van der Waals surface area contributed by atoms with Crippen molar-refractivity contribution in [1.82, 2.24) is 15.1 Å². The van der Waals surface area contributed by atoms with Gasteiger partial charge >= 0.3 is 11.9 Å². The first-order valence-electron chi connectivity index (χ1n) is 21.8. The van der Waals surface area contributed by atoms with Crippen LogP contribution in [-0.2, 0) is 19.1 Å². The van der Waals surface area contributed by atoms with E-state index in [-0.39, 0.29) is 17.4 Å². The predicted octanol–water partition coefficient (Wildman–Crippen LogP) is 10.9. The largest absolute Gasteiger partial charge is 0.466 e. The Kier molecular flexibility index (Phi) is 26.4. The fraction of sp³-hybridized carbons (Fsp3) is 0.907. The second kappa shape index (κ2) is 29.8. The maximum absolute atomic E-state index is 12.5. The van der Waals surface area contributed by atoms with Crippen LogP contribution < -0.4 is 5.32 Å². The second-order valence-electron chi connectivity index (χ2n) is 15.5. The van der Waals surface area contributed by atoms with Gasteiger partial charge in [-0.25, -0.2) is 0 Å². The van der Waals surface area contributed by atoms with Gasteiger partial charge in [0.1, 0.15) is 0 Å². The molecule has 4 aliphatic rings. The summed E-state index contributed by atoms with van der Waals surface area (Å²) in [7, 11) is 0. The molecule has 7 nitrogen and oxygen atoms in total. The molecule has 0 saturated heterocycles. The molecule has 3 aliphatic carbocycles. The molecule has 0 atom stereocenters. The zero-order chi connectivity index (χ0) is 36.0. The van der Waals surface area contributed by atoms with Crippen LogP contribution in [0.4, 0.5) is 0 Å². The van der Waals surface area contributed by atoms with Crippen LogP contribution in [0.15, 0.2) is 12.4 Å². The zero-order valence-electron chi connectivity index (χ0n) is 33.3. The Morgan fingerprint density at radius 3 is 1.74 bits per heavy atom. The van der Waals surface area contributed by atoms with Crippen LogP contribution in [0.25, 0.3) is 0 Å². The third-order valence-electron chi connectivity index (χ3n) is 11.4. The first kappa shape index (κ1) is 44.4. The van der Waals surface area contributed by atoms with E-state index in [4.69, 9.17) is 9.47 Å². The fourth-order valence-corrected chi connectivity index (χ4v) is 8.11. The van der Waals surface area contributed by atoms with E-state index in [1.165, 1.54) is 148 Å². The molecule has 0 spiro atoms. The number of hydrogen-bond donors (Lipinski definition) is 1. The Labute approximate surface area is 309 Å². The lowest BCUT2D eigenvalue weighted by Gasteiger charge is -2.46. The summed E-state index contributed by atoms with van der Waals surface area (Å²) >= 11 is 0. The van der Waals surface area contributed by atoms with Crippen molar-refractivity contribution in [3.63, 3.8) is 0 Å². The van der Waals surface area contributed by atoms with Gasteiger partial charge in [-0.2, -0.15) is 0 Å². The number of nitrogens with zero attached hydrogens (tertiary/aromatic N) is 2. The molecule has 1 heterocycles. The molecule has 292 valence electrons. The lowest BCUT2D eigenvalue weighted by Crippen LogP contribution is -2.36. The maximum atomic E-state index is 12.5. The van der Waals surface area contributed by atoms with Gasteiger partial charge in [0.25, 0.3) is 0 Å². The van der Waals surface area contributed by atoms with Crippen molar-refractivity contribution in [2.75, 3.05) is 46.1 Å². The van der Waals surface area contributed by atoms with Crippen molar-refractivity contribution in [2.45, 2.75) is 194 Å². The van der Waals surface area contributed by atoms with E-state index in [9.17, 15) is 9.59 Å². The topological polar surface area (TPSA) is 71.1 Å². The highest BCUT2D eigenvalue weighted by Gasteiger charge is 2.41. The van der Waals surface area contributed by atoms with E-state index in [1.807, 2.05) is 20.0 Å². The zero-order valence-corrected chi connectivity index (χ0v) is 33.3. The van der Waals surface area contributed by atoms with Crippen LogP contribution in [0, 0.1) is 11.3 Å². The highest BCUT2D eigenvalue weighted by molar-refractivity contribution is 5.70. The molecule has 50 heavy (non-hydrogen) atoms. The monoisotopic (exact) mass is 704 g/mol. The molecule has 3 saturated carbocycles. The average Bonchev–Trinajstić information content (AvgIpc) is 3.66. The minimum absolute atomic E-state index is 0.00488. The van der Waals surface area contributed by atoms with E-state index in [1.54, 1.807) is 0 Å². The third kappa shape index (κ3) is 21.6. The minimum Gasteiger partial charge on any atom is -0.466 e. The Bertz CT molecular complexity index is 843. The SMILES string of the molecule is CC.CCCCCCCCCOC(=O)CCCCCCCN(CCCCCCCCOC(=O)CC12CCC(CC1)CC2)CCCN1C=CNC1. The second-order valence-corrected chi connectivity index (χ2v) is 15.5. The Morgan fingerprint density at radius 1 is 0.680 bits per heavy atom. The summed E-state index contributed by atoms with van der Waals surface area (Å²) in [4.78, 5) is 29.6. The van der Waals surface area contributed by atoms with Gasteiger partial charge in [-0.05, 0) is 108 Å². The van der Waals surface area contributed by atoms with Crippen LogP contribution in [0.2, 0.25) is 0 Å². The van der Waals surface area contributed by atoms with Gasteiger partial charge in [0.05, 0.1) is 26.3 Å². The number of carbonyl (C=O) groups is 2. The molecule has 4 rings (SSSR count). The predicted molar refractivity (Wildman–Crippen MR) is 210 cm³/mol. The Morgan fingerprint density at radius 2 is 1.18 bits per heavy atom. The van der Waals surface area contributed by atoms with E-state index in [0.717, 1.165) is 51.2 Å². The van der Waals surface area contributed by atoms with E-state index >= 15 is 0 Å². The lowest BCUT2D eigenvalue weighted by molar-refractivity contribution is -0.148. The molecule has 0 amide bonds. The van der Waals surface area contributed by atoms with Crippen molar-refractivity contribution in [2.24, 2.45) is 11.3 Å². The van der Waals surface area contributed by atoms with Crippen molar-refractivity contribution < 1.29 is 19.1 Å². The molecule has 2 bridgehead atoms. The summed E-state index contributed by atoms with van der Waals surface area (Å²) in [5.41, 5.74) is 0.283. The smallest absolute Gasteiger partial charge is 0.306 e. The van der Waals surface area contributed by atoms with Crippen molar-refractivity contribution in [3.05, 3.63) is 12.4 Å². The number of ether oxygens (including phenoxy) is 2. The summed E-state index contributed by atoms with van der Waals surface area (Å²) in [6.07, 6.45) is 36.2. The molecule has 0 aromatic rings. The minimum atomic E-state index is -0.00488. The van der Waals surface area contributed by atoms with E-state index in [2.05, 4.69) is 28.2 Å². The number of carbonyl (C=O) groups excluding carboxylic acids is 2. The summed E-state index contributed by atoms with van der Waals surface area (Å²) in [5, 5.41) is 3.27. The normalized spacial score (nSPS) is 19.4. The summed E-state index contributed by atoms with van der Waals surface area (Å²) in [6, 6.07) is 0. The molecule has 0 aromatic carbocycles. The first-order valence-corrected chi connectivity index (χ1v) is 21.8. The molecule has 0 unspecified atom stereocenters. The standard InChI is InChI=1S/C41H75N3O4.C2H6/c1-2-3-4-5-7-13-18-34-47-39(45)21-15-10-9-12-17-30-43(31-20-32-44-33-28-42-37-44)29-16-11-6-8-14-19-35-48-40(46)36-41-25-22-38(23-26-41)24-27-41;1-2/h28,33,38,42H,2-27,29-32,34-37H2,1H3;1-2H3. The molecular formula is C43H81N3O4. The van der Waals surface area contributed by atoms with Gasteiger partial charge in [0.15, 0.2) is 0 Å². The number of hydrogen-bond acceptors (Lipinski definition) is 7. The number of rotatable bonds is 31. The van der Waals surface area contributed by atoms with Gasteiger partial charge in [0.2, 0.25) is 0 Å². The van der Waals surface area contributed by atoms with Crippen LogP contribution in [0.1, 0.15) is 194 Å². The summed E-state index contributed by atoms with van der Waals surface area (Å²) in [6.45, 7) is 13.1. The van der Waals surface area contributed by atoms with Gasteiger partial charge in [-0.15, -0.1) is 0 Å². The van der Waals surface area contributed by atoms with Gasteiger partial charge in [0, 0.05) is 25.4 Å². The van der Waals surface area contributed by atoms with Gasteiger partial charge < -0.3 is 24.6 Å². The molecule has 7 heteroatoms. The number of fused-ring (bicyclic) bond motifs is 3. The lowest BCUT2D eigenvalue weighted by atomic mass is 9.59. The van der Waals surface area contributed by atoms with Crippen molar-refractivity contribution >= 4 is 11.9 Å². The van der Waals surface area contributed by atoms with E-state index in [0.29, 0.717) is 26.1 Å². The molecule has 1 aliphatic heterocycles. The highest BCUT2D eigenvalue weighted by Crippen LogP contribution is 2.52. The average molecular weight is 704 g/mol. The van der Waals surface area contributed by atoms with Crippen LogP contribution in [0.3, 0.4) is 0 Å². The van der Waals surface area contributed by atoms with Crippen LogP contribution in [0.5, 0.6) is 0 Å². The van der Waals surface area contributed by atoms with Gasteiger partial charge in [-0.1, -0.05) is 104 Å². The molecular weight excluding hydrogens is 622 g/mol. The summed E-state index contributed by atoms with van der Waals surface area (Å²) < 4.78 is 11.1. The van der Waals surface area contributed by atoms with Crippen LogP contribution in [-0.4, -0.2) is 67.8 Å². The Balaban J connectivity index is 0.00000425. The first-order chi connectivity index (χ1) is 24.6. The third-order valence-corrected chi connectivity index (χ3v) is 11.4. The van der Waals surface area contributed by atoms with E-state index < -0.39 is 0 Å².